The molecule has 22 heavy (non-hydrogen) atoms. The largest absolute Gasteiger partial charge is 0.454 e. The van der Waals surface area contributed by atoms with E-state index in [0.717, 1.165) is 33.7 Å². The van der Waals surface area contributed by atoms with Crippen molar-refractivity contribution in [2.45, 2.75) is 13.5 Å². The van der Waals surface area contributed by atoms with Crippen LogP contribution in [0.25, 0.3) is 21.9 Å². The molecule has 110 valence electrons. The zero-order valence-electron chi connectivity index (χ0n) is 12.3. The van der Waals surface area contributed by atoms with Crippen molar-refractivity contribution in [3.05, 3.63) is 53.9 Å². The van der Waals surface area contributed by atoms with Crippen LogP contribution in [-0.2, 0) is 6.54 Å². The maximum atomic E-state index is 5.83. The summed E-state index contributed by atoms with van der Waals surface area (Å²) >= 11 is 0. The molecule has 2 N–H and O–H groups in total. The summed E-state index contributed by atoms with van der Waals surface area (Å²) in [5.41, 5.74) is 10.1. The average molecular weight is 292 g/mol. The molecule has 0 radical (unpaired) electrons. The smallest absolute Gasteiger partial charge is 0.231 e. The van der Waals surface area contributed by atoms with E-state index in [1.807, 2.05) is 30.5 Å². The lowest BCUT2D eigenvalue weighted by atomic mass is 9.95. The lowest BCUT2D eigenvalue weighted by molar-refractivity contribution is 0.174. The van der Waals surface area contributed by atoms with E-state index in [1.165, 1.54) is 10.9 Å². The lowest BCUT2D eigenvalue weighted by Crippen LogP contribution is -2.01. The molecular weight excluding hydrogens is 276 g/mol. The summed E-state index contributed by atoms with van der Waals surface area (Å²) in [6.07, 6.45) is 1.90. The second kappa shape index (κ2) is 5.00. The molecule has 0 atom stereocenters. The van der Waals surface area contributed by atoms with Crippen LogP contribution in [0, 0.1) is 6.92 Å². The molecular formula is C18H16N2O2. The molecule has 4 heteroatoms. The van der Waals surface area contributed by atoms with Gasteiger partial charge in [0.25, 0.3) is 0 Å². The van der Waals surface area contributed by atoms with Crippen LogP contribution in [0.4, 0.5) is 0 Å². The van der Waals surface area contributed by atoms with Gasteiger partial charge in [-0.1, -0.05) is 24.3 Å². The second-order valence-corrected chi connectivity index (χ2v) is 5.39. The molecule has 0 bridgehead atoms. The molecule has 0 saturated heterocycles. The van der Waals surface area contributed by atoms with Crippen LogP contribution in [0.2, 0.25) is 0 Å². The van der Waals surface area contributed by atoms with Gasteiger partial charge in [0, 0.05) is 23.7 Å². The van der Waals surface area contributed by atoms with Crippen molar-refractivity contribution >= 4 is 10.8 Å². The summed E-state index contributed by atoms with van der Waals surface area (Å²) in [5, 5.41) is 2.30. The van der Waals surface area contributed by atoms with E-state index in [4.69, 9.17) is 15.2 Å². The highest BCUT2D eigenvalue weighted by Crippen LogP contribution is 2.38. The molecule has 0 spiro atoms. The van der Waals surface area contributed by atoms with Gasteiger partial charge < -0.3 is 15.2 Å². The van der Waals surface area contributed by atoms with Crippen molar-refractivity contribution in [3.8, 4) is 22.6 Å². The Hall–Kier alpha value is -2.59. The predicted molar refractivity (Wildman–Crippen MR) is 85.9 cm³/mol. The fourth-order valence-corrected chi connectivity index (χ4v) is 2.99. The first-order valence-electron chi connectivity index (χ1n) is 7.25. The number of hydrogen-bond acceptors (Lipinski definition) is 4. The van der Waals surface area contributed by atoms with Gasteiger partial charge >= 0.3 is 0 Å². The summed E-state index contributed by atoms with van der Waals surface area (Å²) in [4.78, 5) is 4.54. The minimum Gasteiger partial charge on any atom is -0.454 e. The Morgan fingerprint density at radius 3 is 2.86 bits per heavy atom. The Balaban J connectivity index is 1.99. The SMILES string of the molecule is Cc1cccc2c(CN)ncc(-c3ccc4c(c3)OCO4)c12. The summed E-state index contributed by atoms with van der Waals surface area (Å²) in [5.74, 6) is 1.57. The van der Waals surface area contributed by atoms with E-state index in [1.54, 1.807) is 0 Å². The Kier molecular flexibility index (Phi) is 2.98. The zero-order chi connectivity index (χ0) is 15.1. The van der Waals surface area contributed by atoms with Crippen LogP contribution >= 0.6 is 0 Å². The van der Waals surface area contributed by atoms with E-state index in [0.29, 0.717) is 6.54 Å². The Morgan fingerprint density at radius 1 is 1.14 bits per heavy atom. The summed E-state index contributed by atoms with van der Waals surface area (Å²) < 4.78 is 10.9. The maximum absolute atomic E-state index is 5.83. The van der Waals surface area contributed by atoms with Crippen molar-refractivity contribution in [1.82, 2.24) is 4.98 Å². The number of benzene rings is 2. The molecule has 4 rings (SSSR count). The van der Waals surface area contributed by atoms with Gasteiger partial charge in [0.1, 0.15) is 0 Å². The Labute approximate surface area is 128 Å². The number of rotatable bonds is 2. The van der Waals surface area contributed by atoms with Crippen molar-refractivity contribution in [2.75, 3.05) is 6.79 Å². The number of nitrogens with zero attached hydrogens (tertiary/aromatic N) is 1. The first-order chi connectivity index (χ1) is 10.8. The van der Waals surface area contributed by atoms with E-state index in [-0.39, 0.29) is 6.79 Å². The highest BCUT2D eigenvalue weighted by Gasteiger charge is 2.16. The van der Waals surface area contributed by atoms with Crippen LogP contribution in [0.15, 0.2) is 42.6 Å². The summed E-state index contributed by atoms with van der Waals surface area (Å²) in [6, 6.07) is 12.2. The first kappa shape index (κ1) is 13.1. The van der Waals surface area contributed by atoms with Crippen LogP contribution in [0.1, 0.15) is 11.3 Å². The van der Waals surface area contributed by atoms with Crippen molar-refractivity contribution in [1.29, 1.82) is 0 Å². The van der Waals surface area contributed by atoms with E-state index < -0.39 is 0 Å². The summed E-state index contributed by atoms with van der Waals surface area (Å²) in [7, 11) is 0. The average Bonchev–Trinajstić information content (AvgIpc) is 3.01. The molecule has 0 amide bonds. The van der Waals surface area contributed by atoms with Crippen LogP contribution in [0.3, 0.4) is 0 Å². The highest BCUT2D eigenvalue weighted by atomic mass is 16.7. The number of aryl methyl sites for hydroxylation is 1. The monoisotopic (exact) mass is 292 g/mol. The van der Waals surface area contributed by atoms with Crippen molar-refractivity contribution < 1.29 is 9.47 Å². The molecule has 0 unspecified atom stereocenters. The summed E-state index contributed by atoms with van der Waals surface area (Å²) in [6.45, 7) is 2.82. The van der Waals surface area contributed by atoms with Crippen LogP contribution in [-0.4, -0.2) is 11.8 Å². The van der Waals surface area contributed by atoms with E-state index in [9.17, 15) is 0 Å². The van der Waals surface area contributed by atoms with E-state index in [2.05, 4.69) is 24.0 Å². The van der Waals surface area contributed by atoms with Crippen LogP contribution in [0.5, 0.6) is 11.5 Å². The molecule has 2 heterocycles. The third-order valence-corrected chi connectivity index (χ3v) is 4.08. The highest BCUT2D eigenvalue weighted by molar-refractivity contribution is 5.99. The van der Waals surface area contributed by atoms with Gasteiger partial charge in [0.2, 0.25) is 6.79 Å². The third kappa shape index (κ3) is 1.92. The molecule has 4 nitrogen and oxygen atoms in total. The number of nitrogens with two attached hydrogens (primary N) is 1. The lowest BCUT2D eigenvalue weighted by Gasteiger charge is -2.12. The molecule has 1 aliphatic rings. The van der Waals surface area contributed by atoms with Gasteiger partial charge in [0.05, 0.1) is 5.69 Å². The predicted octanol–water partition coefficient (Wildman–Crippen LogP) is 3.40. The minimum absolute atomic E-state index is 0.281. The molecule has 1 aromatic heterocycles. The molecule has 0 aliphatic carbocycles. The molecule has 0 fully saturated rings. The van der Waals surface area contributed by atoms with Gasteiger partial charge in [-0.3, -0.25) is 4.98 Å². The molecule has 0 saturated carbocycles. The minimum atomic E-state index is 0.281. The third-order valence-electron chi connectivity index (χ3n) is 4.08. The first-order valence-corrected chi connectivity index (χ1v) is 7.25. The van der Waals surface area contributed by atoms with Crippen molar-refractivity contribution in [3.63, 3.8) is 0 Å². The Morgan fingerprint density at radius 2 is 2.00 bits per heavy atom. The number of pyridine rings is 1. The molecule has 3 aromatic rings. The van der Waals surface area contributed by atoms with Gasteiger partial charge in [-0.2, -0.15) is 0 Å². The number of aromatic nitrogens is 1. The molecule has 2 aromatic carbocycles. The van der Waals surface area contributed by atoms with Gasteiger partial charge in [-0.05, 0) is 35.6 Å². The van der Waals surface area contributed by atoms with Gasteiger partial charge in [-0.15, -0.1) is 0 Å². The number of ether oxygens (including phenoxy) is 2. The fraction of sp³-hybridized carbons (Fsp3) is 0.167. The standard InChI is InChI=1S/C18H16N2O2/c1-11-3-2-4-13-15(8-19)20-9-14(18(11)13)12-5-6-16-17(7-12)22-10-21-16/h2-7,9H,8,10,19H2,1H3. The van der Waals surface area contributed by atoms with Gasteiger partial charge in [0.15, 0.2) is 11.5 Å². The zero-order valence-corrected chi connectivity index (χ0v) is 12.3. The quantitative estimate of drug-likeness (QED) is 0.786. The van der Waals surface area contributed by atoms with E-state index >= 15 is 0 Å². The normalized spacial score (nSPS) is 12.8. The maximum Gasteiger partial charge on any atom is 0.231 e. The topological polar surface area (TPSA) is 57.4 Å². The second-order valence-electron chi connectivity index (χ2n) is 5.39. The number of fused-ring (bicyclic) bond motifs is 2. The van der Waals surface area contributed by atoms with Crippen LogP contribution < -0.4 is 15.2 Å². The molecule has 1 aliphatic heterocycles. The number of hydrogen-bond donors (Lipinski definition) is 1. The Bertz CT molecular complexity index is 874. The van der Waals surface area contributed by atoms with Gasteiger partial charge in [-0.25, -0.2) is 0 Å². The van der Waals surface area contributed by atoms with Crippen molar-refractivity contribution in [2.24, 2.45) is 5.73 Å². The fourth-order valence-electron chi connectivity index (χ4n) is 2.99.